The Bertz CT molecular complexity index is 199. The zero-order chi connectivity index (χ0) is 13.0. The van der Waals surface area contributed by atoms with Crippen LogP contribution in [0.5, 0.6) is 0 Å². The Morgan fingerprint density at radius 2 is 1.56 bits per heavy atom. The fraction of sp³-hybridized carbons (Fsp3) is 1.00. The van der Waals surface area contributed by atoms with E-state index in [1.54, 1.807) is 0 Å². The Morgan fingerprint density at radius 3 is 1.88 bits per heavy atom. The number of rotatable bonds is 6. The molecule has 16 heavy (non-hydrogen) atoms. The van der Waals surface area contributed by atoms with Crippen LogP contribution in [0.2, 0.25) is 0 Å². The maximum Gasteiger partial charge on any atom is 0.400 e. The van der Waals surface area contributed by atoms with Gasteiger partial charge in [0.2, 0.25) is 0 Å². The molecule has 2 unspecified atom stereocenters. The molecule has 0 spiro atoms. The molecule has 0 saturated carbocycles. The van der Waals surface area contributed by atoms with E-state index in [1.807, 2.05) is 0 Å². The molecule has 2 atom stereocenters. The molecule has 0 bridgehead atoms. The van der Waals surface area contributed by atoms with Crippen LogP contribution in [0.3, 0.4) is 0 Å². The van der Waals surface area contributed by atoms with Gasteiger partial charge >= 0.3 is 6.18 Å². The van der Waals surface area contributed by atoms with Gasteiger partial charge in [0.25, 0.3) is 5.92 Å². The fourth-order valence-electron chi connectivity index (χ4n) is 1.43. The third kappa shape index (κ3) is 4.17. The quantitative estimate of drug-likeness (QED) is 0.620. The predicted molar refractivity (Wildman–Crippen MR) is 44.9 cm³/mol. The summed E-state index contributed by atoms with van der Waals surface area (Å²) < 4.78 is 87.5. The maximum absolute atomic E-state index is 13.1. The molecule has 0 heterocycles. The summed E-state index contributed by atoms with van der Waals surface area (Å²) >= 11 is 0. The zero-order valence-corrected chi connectivity index (χ0v) is 8.63. The molecule has 0 amide bonds. The van der Waals surface area contributed by atoms with E-state index in [-0.39, 0.29) is 6.42 Å². The first kappa shape index (κ1) is 15.5. The number of hydrogen-bond donors (Lipinski definition) is 0. The molecule has 0 saturated heterocycles. The van der Waals surface area contributed by atoms with Crippen molar-refractivity contribution in [2.75, 3.05) is 6.67 Å². The molecule has 0 aliphatic heterocycles. The van der Waals surface area contributed by atoms with Crippen molar-refractivity contribution in [3.8, 4) is 0 Å². The van der Waals surface area contributed by atoms with Gasteiger partial charge < -0.3 is 0 Å². The summed E-state index contributed by atoms with van der Waals surface area (Å²) in [6.07, 6.45) is -10.3. The average molecular weight is 254 g/mol. The molecule has 7 heteroatoms. The van der Waals surface area contributed by atoms with Crippen molar-refractivity contribution < 1.29 is 30.7 Å². The van der Waals surface area contributed by atoms with Crippen molar-refractivity contribution in [3.05, 3.63) is 0 Å². The third-order valence-corrected chi connectivity index (χ3v) is 2.16. The van der Waals surface area contributed by atoms with Crippen molar-refractivity contribution >= 4 is 0 Å². The highest BCUT2D eigenvalue weighted by atomic mass is 19.4. The van der Waals surface area contributed by atoms with Crippen LogP contribution in [0.4, 0.5) is 30.7 Å². The highest BCUT2D eigenvalue weighted by Crippen LogP contribution is 2.44. The highest BCUT2D eigenvalue weighted by Gasteiger charge is 2.59. The van der Waals surface area contributed by atoms with Gasteiger partial charge in [0.1, 0.15) is 12.1 Å². The molecule has 0 aromatic carbocycles. The minimum absolute atomic E-state index is 0.0133. The maximum atomic E-state index is 13.1. The van der Waals surface area contributed by atoms with Gasteiger partial charge in [-0.05, 0) is 6.42 Å². The SMILES string of the molecule is CCCC(F)C(C(F)(F)F)C(F)(F)CCF. The van der Waals surface area contributed by atoms with Crippen molar-refractivity contribution in [2.24, 2.45) is 5.92 Å². The Kier molecular flexibility index (Phi) is 5.55. The van der Waals surface area contributed by atoms with Crippen molar-refractivity contribution in [3.63, 3.8) is 0 Å². The van der Waals surface area contributed by atoms with Crippen molar-refractivity contribution in [1.29, 1.82) is 0 Å². The third-order valence-electron chi connectivity index (χ3n) is 2.16. The van der Waals surface area contributed by atoms with E-state index < -0.39 is 43.7 Å². The van der Waals surface area contributed by atoms with E-state index in [9.17, 15) is 30.7 Å². The van der Waals surface area contributed by atoms with Gasteiger partial charge in [-0.1, -0.05) is 13.3 Å². The van der Waals surface area contributed by atoms with Crippen LogP contribution >= 0.6 is 0 Å². The fourth-order valence-corrected chi connectivity index (χ4v) is 1.43. The lowest BCUT2D eigenvalue weighted by molar-refractivity contribution is -0.259. The molecule has 0 aliphatic carbocycles. The summed E-state index contributed by atoms with van der Waals surface area (Å²) in [6, 6.07) is 0. The van der Waals surface area contributed by atoms with Gasteiger partial charge in [-0.2, -0.15) is 13.2 Å². The number of halogens is 7. The summed E-state index contributed by atoms with van der Waals surface area (Å²) in [4.78, 5) is 0. The molecule has 0 fully saturated rings. The molecule has 98 valence electrons. The molecule has 0 aromatic rings. The topological polar surface area (TPSA) is 0 Å². The summed E-state index contributed by atoms with van der Waals surface area (Å²) in [5.41, 5.74) is 0. The largest absolute Gasteiger partial charge is 0.400 e. The molecule has 0 N–H and O–H groups in total. The van der Waals surface area contributed by atoms with Crippen LogP contribution in [0, 0.1) is 5.92 Å². The van der Waals surface area contributed by atoms with E-state index >= 15 is 0 Å². The second-order valence-corrected chi connectivity index (χ2v) is 3.52. The lowest BCUT2D eigenvalue weighted by atomic mass is 9.91. The molecule has 0 rings (SSSR count). The molecule has 0 radical (unpaired) electrons. The first-order valence-corrected chi connectivity index (χ1v) is 4.81. The van der Waals surface area contributed by atoms with Crippen LogP contribution in [0.25, 0.3) is 0 Å². The van der Waals surface area contributed by atoms with Crippen LogP contribution in [0.1, 0.15) is 26.2 Å². The lowest BCUT2D eigenvalue weighted by Crippen LogP contribution is -2.45. The number of hydrogen-bond acceptors (Lipinski definition) is 0. The molecular formula is C9H13F7. The van der Waals surface area contributed by atoms with E-state index in [0.717, 1.165) is 0 Å². The van der Waals surface area contributed by atoms with Crippen LogP contribution < -0.4 is 0 Å². The lowest BCUT2D eigenvalue weighted by Gasteiger charge is -2.30. The van der Waals surface area contributed by atoms with Crippen LogP contribution in [-0.4, -0.2) is 24.9 Å². The molecule has 0 aliphatic rings. The standard InChI is InChI=1S/C9H13F7/c1-2-3-6(11)7(9(14,15)16)8(12,13)4-5-10/h6-7H,2-5H2,1H3. The van der Waals surface area contributed by atoms with Crippen molar-refractivity contribution in [2.45, 2.75) is 44.5 Å². The second-order valence-electron chi connectivity index (χ2n) is 3.52. The average Bonchev–Trinajstić information content (AvgIpc) is 1.99. The van der Waals surface area contributed by atoms with E-state index in [2.05, 4.69) is 0 Å². The van der Waals surface area contributed by atoms with E-state index in [4.69, 9.17) is 0 Å². The summed E-state index contributed by atoms with van der Waals surface area (Å²) in [6.45, 7) is -0.230. The van der Waals surface area contributed by atoms with Gasteiger partial charge in [-0.25, -0.2) is 13.2 Å². The van der Waals surface area contributed by atoms with E-state index in [0.29, 0.717) is 0 Å². The summed E-state index contributed by atoms with van der Waals surface area (Å²) in [5, 5.41) is 0. The first-order chi connectivity index (χ1) is 7.16. The minimum atomic E-state index is -5.37. The summed E-state index contributed by atoms with van der Waals surface area (Å²) in [7, 11) is 0. The zero-order valence-electron chi connectivity index (χ0n) is 8.63. The molecular weight excluding hydrogens is 241 g/mol. The van der Waals surface area contributed by atoms with Gasteiger partial charge in [0.05, 0.1) is 6.67 Å². The normalized spacial score (nSPS) is 17.2. The second kappa shape index (κ2) is 5.72. The van der Waals surface area contributed by atoms with Gasteiger partial charge in [-0.15, -0.1) is 0 Å². The van der Waals surface area contributed by atoms with E-state index in [1.165, 1.54) is 6.92 Å². The monoisotopic (exact) mass is 254 g/mol. The Labute approximate surface area is 88.8 Å². The molecule has 0 nitrogen and oxygen atoms in total. The Hall–Kier alpha value is -0.490. The van der Waals surface area contributed by atoms with Crippen molar-refractivity contribution in [1.82, 2.24) is 0 Å². The summed E-state index contributed by atoms with van der Waals surface area (Å²) in [5.74, 6) is -7.82. The van der Waals surface area contributed by atoms with Gasteiger partial charge in [0.15, 0.2) is 0 Å². The van der Waals surface area contributed by atoms with Gasteiger partial charge in [0, 0.05) is 6.42 Å². The smallest absolute Gasteiger partial charge is 0.251 e. The molecule has 0 aromatic heterocycles. The highest BCUT2D eigenvalue weighted by molar-refractivity contribution is 4.88. The minimum Gasteiger partial charge on any atom is -0.251 e. The predicted octanol–water partition coefficient (Wildman–Crippen LogP) is 4.30. The van der Waals surface area contributed by atoms with Crippen LogP contribution in [-0.2, 0) is 0 Å². The Balaban J connectivity index is 4.94. The van der Waals surface area contributed by atoms with Crippen LogP contribution in [0.15, 0.2) is 0 Å². The Morgan fingerprint density at radius 1 is 1.06 bits per heavy atom. The number of alkyl halides is 7. The van der Waals surface area contributed by atoms with Gasteiger partial charge in [-0.3, -0.25) is 4.39 Å². The first-order valence-electron chi connectivity index (χ1n) is 4.81.